The van der Waals surface area contributed by atoms with Gasteiger partial charge in [0.25, 0.3) is 0 Å². The zero-order chi connectivity index (χ0) is 11.7. The van der Waals surface area contributed by atoms with Gasteiger partial charge in [0.1, 0.15) is 5.56 Å². The third-order valence-corrected chi connectivity index (χ3v) is 1.63. The second-order valence-electron chi connectivity index (χ2n) is 2.47. The number of halogens is 4. The van der Waals surface area contributed by atoms with Crippen LogP contribution in [0.3, 0.4) is 0 Å². The molecular weight excluding hydrogens is 220 g/mol. The lowest BCUT2D eigenvalue weighted by Crippen LogP contribution is -2.12. The highest BCUT2D eigenvalue weighted by Gasteiger charge is 2.28. The lowest BCUT2D eigenvalue weighted by atomic mass is 10.1. The van der Waals surface area contributed by atoms with E-state index in [1.165, 1.54) is 0 Å². The summed E-state index contributed by atoms with van der Waals surface area (Å²) >= 11 is 0. The van der Waals surface area contributed by atoms with Crippen LogP contribution >= 0.6 is 0 Å². The summed E-state index contributed by atoms with van der Waals surface area (Å²) in [6.07, 6.45) is -0.442. The molecule has 0 unspecified atom stereocenters. The average molecular weight is 222 g/mol. The molecule has 1 rings (SSSR count). The number of carboxylic acid groups (broad SMARTS) is 1. The standard InChI is InChI=1S/C8H2F4O3/c9-4-2(1-13)5(10)7(12)3(6(4)11)8(14)15/h1H,(H,14,15). The van der Waals surface area contributed by atoms with Gasteiger partial charge in [-0.1, -0.05) is 0 Å². The SMILES string of the molecule is O=Cc1c(F)c(F)c(C(=O)O)c(F)c1F. The Balaban J connectivity index is 3.74. The summed E-state index contributed by atoms with van der Waals surface area (Å²) in [6.45, 7) is 0. The third-order valence-electron chi connectivity index (χ3n) is 1.63. The van der Waals surface area contributed by atoms with Gasteiger partial charge in [0, 0.05) is 0 Å². The lowest BCUT2D eigenvalue weighted by Gasteiger charge is -2.04. The number of carbonyl (C=O) groups is 2. The molecular formula is C8H2F4O3. The Hall–Kier alpha value is -1.92. The maximum atomic E-state index is 12.8. The molecule has 0 aliphatic heterocycles. The monoisotopic (exact) mass is 222 g/mol. The van der Waals surface area contributed by atoms with Crippen LogP contribution < -0.4 is 0 Å². The van der Waals surface area contributed by atoms with Gasteiger partial charge in [0.05, 0.1) is 5.56 Å². The first-order chi connectivity index (χ1) is 6.91. The minimum atomic E-state index is -2.17. The predicted octanol–water partition coefficient (Wildman–Crippen LogP) is 1.75. The van der Waals surface area contributed by atoms with Crippen LogP contribution in [-0.2, 0) is 0 Å². The maximum absolute atomic E-state index is 12.8. The van der Waals surface area contributed by atoms with Crippen molar-refractivity contribution in [1.82, 2.24) is 0 Å². The number of aromatic carboxylic acids is 1. The predicted molar refractivity (Wildman–Crippen MR) is 38.6 cm³/mol. The van der Waals surface area contributed by atoms with Gasteiger partial charge in [0.2, 0.25) is 0 Å². The van der Waals surface area contributed by atoms with E-state index in [1.807, 2.05) is 0 Å². The van der Waals surface area contributed by atoms with Crippen LogP contribution in [0.1, 0.15) is 20.7 Å². The van der Waals surface area contributed by atoms with Crippen molar-refractivity contribution in [2.75, 3.05) is 0 Å². The van der Waals surface area contributed by atoms with E-state index in [4.69, 9.17) is 5.11 Å². The van der Waals surface area contributed by atoms with Crippen molar-refractivity contribution in [3.8, 4) is 0 Å². The van der Waals surface area contributed by atoms with Gasteiger partial charge in [-0.2, -0.15) is 0 Å². The van der Waals surface area contributed by atoms with E-state index in [2.05, 4.69) is 0 Å². The maximum Gasteiger partial charge on any atom is 0.341 e. The van der Waals surface area contributed by atoms with Gasteiger partial charge in [0.15, 0.2) is 29.6 Å². The van der Waals surface area contributed by atoms with E-state index >= 15 is 0 Å². The molecule has 0 amide bonds. The van der Waals surface area contributed by atoms with E-state index in [0.29, 0.717) is 0 Å². The van der Waals surface area contributed by atoms with Gasteiger partial charge in [-0.05, 0) is 0 Å². The van der Waals surface area contributed by atoms with Crippen molar-refractivity contribution >= 4 is 12.3 Å². The molecule has 0 bridgehead atoms. The number of rotatable bonds is 2. The summed E-state index contributed by atoms with van der Waals surface area (Å²) in [5.74, 6) is -10.4. The van der Waals surface area contributed by atoms with Crippen molar-refractivity contribution in [3.63, 3.8) is 0 Å². The molecule has 0 saturated carbocycles. The molecule has 3 nitrogen and oxygen atoms in total. The molecule has 7 heteroatoms. The molecule has 0 aromatic heterocycles. The summed E-state index contributed by atoms with van der Waals surface area (Å²) in [4.78, 5) is 20.3. The van der Waals surface area contributed by atoms with Gasteiger partial charge in [-0.15, -0.1) is 0 Å². The highest BCUT2D eigenvalue weighted by atomic mass is 19.2. The van der Waals surface area contributed by atoms with Crippen molar-refractivity contribution in [1.29, 1.82) is 0 Å². The van der Waals surface area contributed by atoms with Gasteiger partial charge >= 0.3 is 5.97 Å². The van der Waals surface area contributed by atoms with Crippen molar-refractivity contribution in [3.05, 3.63) is 34.4 Å². The molecule has 0 spiro atoms. The summed E-state index contributed by atoms with van der Waals surface area (Å²) < 4.78 is 51.2. The fraction of sp³-hybridized carbons (Fsp3) is 0. The zero-order valence-electron chi connectivity index (χ0n) is 6.85. The Morgan fingerprint density at radius 2 is 1.40 bits per heavy atom. The molecule has 15 heavy (non-hydrogen) atoms. The third kappa shape index (κ3) is 1.56. The molecule has 0 atom stereocenters. The van der Waals surface area contributed by atoms with Crippen LogP contribution in [0.5, 0.6) is 0 Å². The largest absolute Gasteiger partial charge is 0.477 e. The van der Waals surface area contributed by atoms with Crippen LogP contribution in [0.25, 0.3) is 0 Å². The lowest BCUT2D eigenvalue weighted by molar-refractivity contribution is 0.0682. The second kappa shape index (κ2) is 3.68. The van der Waals surface area contributed by atoms with Gasteiger partial charge < -0.3 is 5.11 Å². The van der Waals surface area contributed by atoms with E-state index in [0.717, 1.165) is 0 Å². The second-order valence-corrected chi connectivity index (χ2v) is 2.47. The van der Waals surface area contributed by atoms with Gasteiger partial charge in [-0.3, -0.25) is 4.79 Å². The average Bonchev–Trinajstić information content (AvgIpc) is 2.16. The minimum absolute atomic E-state index is 0.442. The Morgan fingerprint density at radius 3 is 1.67 bits per heavy atom. The number of hydrogen-bond acceptors (Lipinski definition) is 2. The number of hydrogen-bond donors (Lipinski definition) is 1. The van der Waals surface area contributed by atoms with E-state index in [-0.39, 0.29) is 0 Å². The Morgan fingerprint density at radius 1 is 1.00 bits per heavy atom. The smallest absolute Gasteiger partial charge is 0.341 e. The first kappa shape index (κ1) is 11.2. The van der Waals surface area contributed by atoms with Crippen LogP contribution in [0.2, 0.25) is 0 Å². The summed E-state index contributed by atoms with van der Waals surface area (Å²) in [5, 5.41) is 8.26. The first-order valence-corrected chi connectivity index (χ1v) is 3.46. The molecule has 1 aromatic carbocycles. The minimum Gasteiger partial charge on any atom is -0.477 e. The molecule has 0 fully saturated rings. The fourth-order valence-corrected chi connectivity index (χ4v) is 0.940. The van der Waals surface area contributed by atoms with Crippen LogP contribution in [0.15, 0.2) is 0 Å². The van der Waals surface area contributed by atoms with E-state index in [1.54, 1.807) is 0 Å². The summed E-state index contributed by atoms with van der Waals surface area (Å²) in [5.41, 5.74) is -3.24. The normalized spacial score (nSPS) is 10.1. The molecule has 0 heterocycles. The van der Waals surface area contributed by atoms with E-state index < -0.39 is 46.7 Å². The summed E-state index contributed by atoms with van der Waals surface area (Å²) in [6, 6.07) is 0. The number of carboxylic acids is 1. The molecule has 0 radical (unpaired) electrons. The van der Waals surface area contributed by atoms with E-state index in [9.17, 15) is 27.2 Å². The Kier molecular flexibility index (Phi) is 2.74. The molecule has 1 aromatic rings. The zero-order valence-corrected chi connectivity index (χ0v) is 6.85. The number of aldehydes is 1. The topological polar surface area (TPSA) is 54.4 Å². The summed E-state index contributed by atoms with van der Waals surface area (Å²) in [7, 11) is 0. The molecule has 80 valence electrons. The molecule has 1 N–H and O–H groups in total. The Labute approximate surface area is 79.9 Å². The highest BCUT2D eigenvalue weighted by Crippen LogP contribution is 2.22. The highest BCUT2D eigenvalue weighted by molar-refractivity contribution is 5.89. The number of carbonyl (C=O) groups excluding carboxylic acids is 1. The molecule has 0 aliphatic carbocycles. The molecule has 0 aliphatic rings. The van der Waals surface area contributed by atoms with Crippen molar-refractivity contribution in [2.24, 2.45) is 0 Å². The fourth-order valence-electron chi connectivity index (χ4n) is 0.940. The van der Waals surface area contributed by atoms with Crippen molar-refractivity contribution in [2.45, 2.75) is 0 Å². The van der Waals surface area contributed by atoms with Crippen molar-refractivity contribution < 1.29 is 32.3 Å². The first-order valence-electron chi connectivity index (χ1n) is 3.46. The van der Waals surface area contributed by atoms with Gasteiger partial charge in [-0.25, -0.2) is 22.4 Å². The molecule has 0 saturated heterocycles. The van der Waals surface area contributed by atoms with Crippen LogP contribution in [0.4, 0.5) is 17.6 Å². The van der Waals surface area contributed by atoms with Crippen LogP contribution in [0, 0.1) is 23.3 Å². The number of benzene rings is 1. The Bertz CT molecular complexity index is 427. The quantitative estimate of drug-likeness (QED) is 0.471. The van der Waals surface area contributed by atoms with Crippen LogP contribution in [-0.4, -0.2) is 17.4 Å².